The first-order chi connectivity index (χ1) is 16.6. The minimum absolute atomic E-state index is 0.0939. The molecule has 0 aliphatic carbocycles. The first-order valence-electron chi connectivity index (χ1n) is 10.6. The molecule has 2 aromatic rings. The van der Waals surface area contributed by atoms with E-state index >= 15 is 0 Å². The van der Waals surface area contributed by atoms with Crippen LogP contribution in [-0.4, -0.2) is 62.3 Å². The van der Waals surface area contributed by atoms with E-state index in [1.807, 2.05) is 0 Å². The first-order valence-corrected chi connectivity index (χ1v) is 11.8. The number of alkyl carbamates (subject to hydrolysis) is 1. The number of morpholine rings is 1. The summed E-state index contributed by atoms with van der Waals surface area (Å²) >= 11 is 6.90. The van der Waals surface area contributed by atoms with Crippen molar-refractivity contribution in [3.8, 4) is 0 Å². The first kappa shape index (κ1) is 26.4. The smallest absolute Gasteiger partial charge is 0.408 e. The van der Waals surface area contributed by atoms with E-state index in [0.29, 0.717) is 21.5 Å². The molecule has 3 rings (SSSR count). The number of nitrogens with one attached hydrogen (secondary N) is 3. The number of amides is 4. The highest BCUT2D eigenvalue weighted by atomic mass is 35.5. The molecular weight excluding hydrogens is 503 g/mol. The number of hydrogen-bond donors (Lipinski definition) is 3. The van der Waals surface area contributed by atoms with E-state index in [1.54, 1.807) is 19.9 Å². The van der Waals surface area contributed by atoms with E-state index in [4.69, 9.17) is 21.1 Å². The van der Waals surface area contributed by atoms with Gasteiger partial charge in [-0.1, -0.05) is 11.6 Å². The van der Waals surface area contributed by atoms with Gasteiger partial charge in [0.05, 0.1) is 27.6 Å². The van der Waals surface area contributed by atoms with Crippen LogP contribution in [0.5, 0.6) is 0 Å². The van der Waals surface area contributed by atoms with Crippen LogP contribution >= 0.6 is 22.9 Å². The summed E-state index contributed by atoms with van der Waals surface area (Å²) in [5.41, 5.74) is 0.158. The fourth-order valence-electron chi connectivity index (χ4n) is 3.10. The Morgan fingerprint density at radius 3 is 2.66 bits per heavy atom. The lowest BCUT2D eigenvalue weighted by molar-refractivity contribution is -0.125. The average Bonchev–Trinajstić information content (AvgIpc) is 3.24. The molecule has 1 atom stereocenters. The van der Waals surface area contributed by atoms with Crippen LogP contribution < -0.4 is 20.9 Å². The minimum atomic E-state index is -1.28. The lowest BCUT2D eigenvalue weighted by Crippen LogP contribution is -2.51. The normalized spacial score (nSPS) is 14.4. The quantitative estimate of drug-likeness (QED) is 0.485. The number of carbonyl (C=O) groups is 4. The Kier molecular flexibility index (Phi) is 9.01. The van der Waals surface area contributed by atoms with Gasteiger partial charge in [-0.15, -0.1) is 11.3 Å². The molecule has 2 heterocycles. The van der Waals surface area contributed by atoms with Crippen molar-refractivity contribution in [3.05, 3.63) is 45.4 Å². The zero-order valence-corrected chi connectivity index (χ0v) is 20.5. The maximum atomic E-state index is 14.8. The van der Waals surface area contributed by atoms with Crippen molar-refractivity contribution >= 4 is 58.1 Å². The zero-order valence-electron chi connectivity index (χ0n) is 18.9. The highest BCUT2D eigenvalue weighted by Gasteiger charge is 2.25. The summed E-state index contributed by atoms with van der Waals surface area (Å²) in [6.45, 7) is 3.48. The van der Waals surface area contributed by atoms with E-state index in [1.165, 1.54) is 23.1 Å². The molecule has 10 nitrogen and oxygen atoms in total. The Labute approximate surface area is 209 Å². The van der Waals surface area contributed by atoms with Gasteiger partial charge in [-0.25, -0.2) is 9.18 Å². The second-order valence-electron chi connectivity index (χ2n) is 7.72. The summed E-state index contributed by atoms with van der Waals surface area (Å²) in [6.07, 6.45) is -1.33. The second-order valence-corrected chi connectivity index (χ2v) is 9.43. The van der Waals surface area contributed by atoms with E-state index in [-0.39, 0.29) is 31.3 Å². The van der Waals surface area contributed by atoms with Crippen molar-refractivity contribution in [3.63, 3.8) is 0 Å². The fraction of sp³-hybridized carbons (Fsp3) is 0.364. The molecule has 1 aromatic heterocycles. The number of anilines is 2. The monoisotopic (exact) mass is 526 g/mol. The van der Waals surface area contributed by atoms with Gasteiger partial charge in [0, 0.05) is 18.8 Å². The lowest BCUT2D eigenvalue weighted by Gasteiger charge is -2.27. The van der Waals surface area contributed by atoms with Gasteiger partial charge in [0.25, 0.3) is 11.8 Å². The van der Waals surface area contributed by atoms with E-state index in [2.05, 4.69) is 16.0 Å². The molecule has 188 valence electrons. The fourth-order valence-corrected chi connectivity index (χ4v) is 4.06. The zero-order chi connectivity index (χ0) is 25.5. The van der Waals surface area contributed by atoms with Gasteiger partial charge in [-0.2, -0.15) is 0 Å². The van der Waals surface area contributed by atoms with Crippen molar-refractivity contribution < 1.29 is 33.0 Å². The molecule has 1 aliphatic heterocycles. The van der Waals surface area contributed by atoms with Crippen LogP contribution in [-0.2, 0) is 19.1 Å². The standard InChI is InChI=1S/C22H24ClFN4O6S/c1-12(2)34-22(32)27-16(10-25-21(31)17-5-6-18(23)35-17)20(30)26-15-4-3-13(9-14(15)24)28-7-8-33-11-19(28)29/h3-6,9,12,16H,7-8,10-11H2,1-2H3,(H,25,31)(H,26,30)(H,27,32). The summed E-state index contributed by atoms with van der Waals surface area (Å²) in [5.74, 6) is -2.37. The van der Waals surface area contributed by atoms with Gasteiger partial charge in [0.1, 0.15) is 18.5 Å². The summed E-state index contributed by atoms with van der Waals surface area (Å²) < 4.78 is 25.3. The SMILES string of the molecule is CC(C)OC(=O)NC(CNC(=O)c1ccc(Cl)s1)C(=O)Nc1ccc(N2CCOCC2=O)cc1F. The van der Waals surface area contributed by atoms with Crippen molar-refractivity contribution in [2.45, 2.75) is 26.0 Å². The molecule has 0 radical (unpaired) electrons. The van der Waals surface area contributed by atoms with Crippen molar-refractivity contribution in [2.24, 2.45) is 0 Å². The second kappa shape index (κ2) is 12.0. The van der Waals surface area contributed by atoms with Crippen LogP contribution in [0.1, 0.15) is 23.5 Å². The van der Waals surface area contributed by atoms with Crippen LogP contribution in [0.25, 0.3) is 0 Å². The van der Waals surface area contributed by atoms with Gasteiger partial charge in [-0.3, -0.25) is 14.4 Å². The Bertz CT molecular complexity index is 1110. The number of carbonyl (C=O) groups excluding carboxylic acids is 4. The summed E-state index contributed by atoms with van der Waals surface area (Å²) in [6, 6.07) is 5.71. The maximum Gasteiger partial charge on any atom is 0.408 e. The highest BCUT2D eigenvalue weighted by molar-refractivity contribution is 7.18. The molecule has 1 saturated heterocycles. The van der Waals surface area contributed by atoms with Crippen LogP contribution in [0.3, 0.4) is 0 Å². The number of nitrogens with zero attached hydrogens (tertiary/aromatic N) is 1. The van der Waals surface area contributed by atoms with Crippen LogP contribution in [0.4, 0.5) is 20.6 Å². The summed E-state index contributed by atoms with van der Waals surface area (Å²) in [4.78, 5) is 51.0. The highest BCUT2D eigenvalue weighted by Crippen LogP contribution is 2.24. The Morgan fingerprint density at radius 1 is 1.26 bits per heavy atom. The number of halogens is 2. The molecule has 13 heteroatoms. The Hall–Kier alpha value is -3.22. The number of rotatable bonds is 8. The van der Waals surface area contributed by atoms with E-state index in [0.717, 1.165) is 17.4 Å². The van der Waals surface area contributed by atoms with Crippen molar-refractivity contribution in [1.82, 2.24) is 10.6 Å². The molecule has 0 bridgehead atoms. The summed E-state index contributed by atoms with van der Waals surface area (Å²) in [7, 11) is 0. The third-order valence-corrected chi connectivity index (χ3v) is 5.95. The molecule has 4 amide bonds. The van der Waals surface area contributed by atoms with Crippen molar-refractivity contribution in [2.75, 3.05) is 36.5 Å². The number of ether oxygens (including phenoxy) is 2. The largest absolute Gasteiger partial charge is 0.447 e. The third kappa shape index (κ3) is 7.38. The predicted octanol–water partition coefficient (Wildman–Crippen LogP) is 2.78. The lowest BCUT2D eigenvalue weighted by atomic mass is 10.2. The topological polar surface area (TPSA) is 126 Å². The molecule has 1 unspecified atom stereocenters. The third-order valence-electron chi connectivity index (χ3n) is 4.72. The maximum absolute atomic E-state index is 14.8. The minimum Gasteiger partial charge on any atom is -0.447 e. The van der Waals surface area contributed by atoms with Crippen molar-refractivity contribution in [1.29, 1.82) is 0 Å². The van der Waals surface area contributed by atoms with Gasteiger partial charge in [0.15, 0.2) is 0 Å². The van der Waals surface area contributed by atoms with Gasteiger partial charge >= 0.3 is 6.09 Å². The van der Waals surface area contributed by atoms with E-state index in [9.17, 15) is 23.6 Å². The average molecular weight is 527 g/mol. The molecule has 1 aliphatic rings. The van der Waals surface area contributed by atoms with Gasteiger partial charge in [0.2, 0.25) is 5.91 Å². The number of hydrogen-bond acceptors (Lipinski definition) is 7. The Morgan fingerprint density at radius 2 is 2.03 bits per heavy atom. The van der Waals surface area contributed by atoms with Crippen LogP contribution in [0.2, 0.25) is 4.34 Å². The number of benzene rings is 1. The molecule has 0 saturated carbocycles. The van der Waals surface area contributed by atoms with Gasteiger partial charge in [-0.05, 0) is 44.2 Å². The molecule has 0 spiro atoms. The molecular formula is C22H24ClFN4O6S. The number of thiophene rings is 1. The van der Waals surface area contributed by atoms with Crippen LogP contribution in [0, 0.1) is 5.82 Å². The van der Waals surface area contributed by atoms with Crippen LogP contribution in [0.15, 0.2) is 30.3 Å². The summed E-state index contributed by atoms with van der Waals surface area (Å²) in [5, 5.41) is 7.31. The predicted molar refractivity (Wildman–Crippen MR) is 128 cm³/mol. The molecule has 35 heavy (non-hydrogen) atoms. The van der Waals surface area contributed by atoms with E-state index < -0.39 is 35.9 Å². The Balaban J connectivity index is 1.70. The molecule has 1 fully saturated rings. The molecule has 1 aromatic carbocycles. The molecule has 3 N–H and O–H groups in total. The van der Waals surface area contributed by atoms with Gasteiger partial charge < -0.3 is 30.3 Å².